The summed E-state index contributed by atoms with van der Waals surface area (Å²) in [6.07, 6.45) is 4.26. The van der Waals surface area contributed by atoms with Crippen LogP contribution in [-0.2, 0) is 4.79 Å². The van der Waals surface area contributed by atoms with Gasteiger partial charge in [-0.3, -0.25) is 14.5 Å². The quantitative estimate of drug-likeness (QED) is 0.574. The Kier molecular flexibility index (Phi) is 6.29. The third kappa shape index (κ3) is 4.31. The highest BCUT2D eigenvalue weighted by molar-refractivity contribution is 7.12. The third-order valence-electron chi connectivity index (χ3n) is 5.65. The molecule has 0 radical (unpaired) electrons. The van der Waals surface area contributed by atoms with Gasteiger partial charge in [-0.15, -0.1) is 11.3 Å². The third-order valence-corrected chi connectivity index (χ3v) is 6.51. The van der Waals surface area contributed by atoms with Gasteiger partial charge >= 0.3 is 0 Å². The Hall–Kier alpha value is -2.92. The van der Waals surface area contributed by atoms with E-state index in [-0.39, 0.29) is 17.9 Å². The van der Waals surface area contributed by atoms with E-state index in [9.17, 15) is 9.59 Å². The molecule has 4 nitrogen and oxygen atoms in total. The highest BCUT2D eigenvalue weighted by Crippen LogP contribution is 2.33. The van der Waals surface area contributed by atoms with Crippen LogP contribution in [0, 0.1) is 6.92 Å². The number of benzene rings is 2. The maximum atomic E-state index is 13.7. The summed E-state index contributed by atoms with van der Waals surface area (Å²) in [5.41, 5.74) is 2.52. The van der Waals surface area contributed by atoms with Gasteiger partial charge in [0.05, 0.1) is 4.88 Å². The van der Waals surface area contributed by atoms with Crippen molar-refractivity contribution in [3.8, 4) is 0 Å². The van der Waals surface area contributed by atoms with Gasteiger partial charge in [0, 0.05) is 11.7 Å². The fourth-order valence-corrected chi connectivity index (χ4v) is 4.78. The lowest BCUT2D eigenvalue weighted by Crippen LogP contribution is -2.46. The summed E-state index contributed by atoms with van der Waals surface area (Å²) < 4.78 is 0. The van der Waals surface area contributed by atoms with Crippen molar-refractivity contribution < 1.29 is 9.59 Å². The molecule has 0 spiro atoms. The van der Waals surface area contributed by atoms with Crippen molar-refractivity contribution in [2.24, 2.45) is 0 Å². The van der Waals surface area contributed by atoms with E-state index < -0.39 is 6.04 Å². The molecule has 1 saturated carbocycles. The molecule has 2 aromatic carbocycles. The molecule has 0 bridgehead atoms. The number of nitrogens with one attached hydrogen (secondary N) is 1. The largest absolute Gasteiger partial charge is 0.351 e. The number of nitrogens with zero attached hydrogens (tertiary/aromatic N) is 1. The van der Waals surface area contributed by atoms with Crippen molar-refractivity contribution >= 4 is 28.8 Å². The molecule has 0 saturated heterocycles. The summed E-state index contributed by atoms with van der Waals surface area (Å²) in [5.74, 6) is -0.281. The minimum absolute atomic E-state index is 0.124. The normalized spacial score (nSPS) is 15.0. The summed E-state index contributed by atoms with van der Waals surface area (Å²) in [7, 11) is 0. The van der Waals surface area contributed by atoms with E-state index in [2.05, 4.69) is 5.32 Å². The maximum Gasteiger partial charge on any atom is 0.269 e. The monoisotopic (exact) mass is 418 g/mol. The summed E-state index contributed by atoms with van der Waals surface area (Å²) in [6, 6.07) is 20.5. The van der Waals surface area contributed by atoms with Gasteiger partial charge in [-0.1, -0.05) is 67.4 Å². The smallest absolute Gasteiger partial charge is 0.269 e. The molecule has 1 heterocycles. The molecule has 0 unspecified atom stereocenters. The minimum Gasteiger partial charge on any atom is -0.351 e. The molecule has 1 atom stereocenters. The van der Waals surface area contributed by atoms with Gasteiger partial charge in [-0.25, -0.2) is 0 Å². The molecule has 5 heteroatoms. The number of carbonyl (C=O) groups excluding carboxylic acids is 2. The van der Waals surface area contributed by atoms with Crippen LogP contribution in [0.15, 0.2) is 72.1 Å². The van der Waals surface area contributed by atoms with Gasteiger partial charge in [0.1, 0.15) is 6.04 Å². The maximum absolute atomic E-state index is 13.7. The molecule has 0 aliphatic heterocycles. The van der Waals surface area contributed by atoms with Gasteiger partial charge in [0.25, 0.3) is 5.91 Å². The van der Waals surface area contributed by atoms with Crippen LogP contribution in [0.25, 0.3) is 0 Å². The Labute approximate surface area is 181 Å². The van der Waals surface area contributed by atoms with Gasteiger partial charge in [0.15, 0.2) is 0 Å². The predicted octanol–water partition coefficient (Wildman–Crippen LogP) is 5.50. The van der Waals surface area contributed by atoms with Gasteiger partial charge < -0.3 is 5.32 Å². The molecule has 4 rings (SSSR count). The molecule has 1 aliphatic rings. The van der Waals surface area contributed by atoms with Crippen molar-refractivity contribution in [3.05, 3.63) is 88.1 Å². The summed E-state index contributed by atoms with van der Waals surface area (Å²) >= 11 is 1.39. The van der Waals surface area contributed by atoms with Crippen molar-refractivity contribution in [1.82, 2.24) is 5.32 Å². The second-order valence-electron chi connectivity index (χ2n) is 7.74. The van der Waals surface area contributed by atoms with Gasteiger partial charge in [0.2, 0.25) is 5.91 Å². The van der Waals surface area contributed by atoms with E-state index in [0.717, 1.165) is 42.5 Å². The molecule has 3 aromatic rings. The Bertz CT molecular complexity index is 995. The van der Waals surface area contributed by atoms with E-state index in [1.54, 1.807) is 4.90 Å². The van der Waals surface area contributed by atoms with E-state index in [1.165, 1.54) is 11.3 Å². The Morgan fingerprint density at radius 1 is 0.967 bits per heavy atom. The zero-order valence-electron chi connectivity index (χ0n) is 17.1. The van der Waals surface area contributed by atoms with Crippen molar-refractivity contribution in [1.29, 1.82) is 0 Å². The number of hydrogen-bond acceptors (Lipinski definition) is 3. The molecule has 30 heavy (non-hydrogen) atoms. The zero-order valence-corrected chi connectivity index (χ0v) is 17.9. The first-order chi connectivity index (χ1) is 14.6. The lowest BCUT2D eigenvalue weighted by Gasteiger charge is -2.33. The molecule has 1 aromatic heterocycles. The molecule has 1 aliphatic carbocycles. The van der Waals surface area contributed by atoms with Crippen LogP contribution >= 0.6 is 11.3 Å². The SMILES string of the molecule is Cc1ccccc1N(C(=O)c1cccs1)[C@@H](C(=O)NC1CCCC1)c1ccccc1. The standard InChI is InChI=1S/C25H26N2O2S/c1-18-10-5-8-15-21(18)27(25(29)22-16-9-17-30-22)23(19-11-3-2-4-12-19)24(28)26-20-13-6-7-14-20/h2-5,8-12,15-17,20,23H,6-7,13-14H2,1H3,(H,26,28)/t23-/m1/s1. The topological polar surface area (TPSA) is 49.4 Å². The zero-order chi connectivity index (χ0) is 20.9. The summed E-state index contributed by atoms with van der Waals surface area (Å²) in [5, 5.41) is 5.11. The number of anilines is 1. The van der Waals surface area contributed by atoms with Crippen LogP contribution in [-0.4, -0.2) is 17.9 Å². The second kappa shape index (κ2) is 9.26. The lowest BCUT2D eigenvalue weighted by atomic mass is 10.0. The van der Waals surface area contributed by atoms with Gasteiger partial charge in [-0.05, 0) is 48.4 Å². The van der Waals surface area contributed by atoms with Crippen LogP contribution in [0.2, 0.25) is 0 Å². The highest BCUT2D eigenvalue weighted by atomic mass is 32.1. The Morgan fingerprint density at radius 2 is 1.67 bits per heavy atom. The van der Waals surface area contributed by atoms with Crippen LogP contribution in [0.3, 0.4) is 0 Å². The van der Waals surface area contributed by atoms with E-state index in [1.807, 2.05) is 79.0 Å². The Balaban J connectivity index is 1.80. The lowest BCUT2D eigenvalue weighted by molar-refractivity contribution is -0.123. The molecular weight excluding hydrogens is 392 g/mol. The number of carbonyl (C=O) groups is 2. The first-order valence-electron chi connectivity index (χ1n) is 10.4. The minimum atomic E-state index is -0.734. The first-order valence-corrected chi connectivity index (χ1v) is 11.3. The van der Waals surface area contributed by atoms with E-state index in [0.29, 0.717) is 4.88 Å². The fraction of sp³-hybridized carbons (Fsp3) is 0.280. The summed E-state index contributed by atoms with van der Waals surface area (Å²) in [4.78, 5) is 29.6. The number of amides is 2. The Morgan fingerprint density at radius 3 is 2.33 bits per heavy atom. The summed E-state index contributed by atoms with van der Waals surface area (Å²) in [6.45, 7) is 1.97. The van der Waals surface area contributed by atoms with Crippen LogP contribution in [0.5, 0.6) is 0 Å². The molecule has 1 N–H and O–H groups in total. The number of hydrogen-bond donors (Lipinski definition) is 1. The van der Waals surface area contributed by atoms with E-state index in [4.69, 9.17) is 0 Å². The predicted molar refractivity (Wildman–Crippen MR) is 122 cm³/mol. The second-order valence-corrected chi connectivity index (χ2v) is 8.69. The van der Waals surface area contributed by atoms with Crippen LogP contribution in [0.1, 0.15) is 52.5 Å². The molecule has 154 valence electrons. The number of rotatable bonds is 6. The van der Waals surface area contributed by atoms with Crippen molar-refractivity contribution in [3.63, 3.8) is 0 Å². The van der Waals surface area contributed by atoms with Crippen LogP contribution < -0.4 is 10.2 Å². The van der Waals surface area contributed by atoms with E-state index >= 15 is 0 Å². The first kappa shape index (κ1) is 20.4. The molecular formula is C25H26N2O2S. The average molecular weight is 419 g/mol. The van der Waals surface area contributed by atoms with Gasteiger partial charge in [-0.2, -0.15) is 0 Å². The number of aryl methyl sites for hydroxylation is 1. The fourth-order valence-electron chi connectivity index (χ4n) is 4.12. The number of para-hydroxylation sites is 1. The van der Waals surface area contributed by atoms with Crippen molar-refractivity contribution in [2.45, 2.75) is 44.7 Å². The average Bonchev–Trinajstić information content (AvgIpc) is 3.47. The molecule has 1 fully saturated rings. The number of thiophene rings is 1. The molecule has 2 amide bonds. The van der Waals surface area contributed by atoms with Crippen LogP contribution in [0.4, 0.5) is 5.69 Å². The highest BCUT2D eigenvalue weighted by Gasteiger charge is 2.35. The van der Waals surface area contributed by atoms with Crippen molar-refractivity contribution in [2.75, 3.05) is 4.90 Å².